The first-order valence-corrected chi connectivity index (χ1v) is 7.90. The van der Waals surface area contributed by atoms with Crippen LogP contribution in [0.2, 0.25) is 0 Å². The van der Waals surface area contributed by atoms with Crippen LogP contribution in [0.5, 0.6) is 0 Å². The molecule has 0 fully saturated rings. The molecule has 0 radical (unpaired) electrons. The van der Waals surface area contributed by atoms with Gasteiger partial charge in [0, 0.05) is 18.2 Å². The van der Waals surface area contributed by atoms with E-state index in [9.17, 15) is 12.8 Å². The van der Waals surface area contributed by atoms with Crippen molar-refractivity contribution in [1.82, 2.24) is 5.01 Å². The number of hydrogen-bond donors (Lipinski definition) is 0. The van der Waals surface area contributed by atoms with Crippen molar-refractivity contribution >= 4 is 22.1 Å². The van der Waals surface area contributed by atoms with E-state index in [0.717, 1.165) is 0 Å². The zero-order chi connectivity index (χ0) is 15.7. The maximum Gasteiger partial charge on any atom is 0.285 e. The fourth-order valence-corrected chi connectivity index (χ4v) is 3.34. The minimum absolute atomic E-state index is 0.151. The Labute approximate surface area is 127 Å². The van der Waals surface area contributed by atoms with Crippen LogP contribution < -0.4 is 0 Å². The predicted octanol–water partition coefficient (Wildman–Crippen LogP) is 2.24. The quantitative estimate of drug-likeness (QED) is 0.630. The van der Waals surface area contributed by atoms with E-state index in [0.29, 0.717) is 11.1 Å². The standard InChI is InChI=1S/C15H12FN3O2S/c1-19(17-10-11-6-2-4-8-13(11)16)15-12-7-3-5-9-14(12)22(20,21)18-15/h2-10H,1H3/b17-10-. The molecule has 0 bridgehead atoms. The van der Waals surface area contributed by atoms with Gasteiger partial charge in [0.15, 0.2) is 5.84 Å². The zero-order valence-corrected chi connectivity index (χ0v) is 12.5. The van der Waals surface area contributed by atoms with E-state index in [2.05, 4.69) is 9.50 Å². The van der Waals surface area contributed by atoms with Crippen LogP contribution in [0.3, 0.4) is 0 Å². The van der Waals surface area contributed by atoms with Crippen LogP contribution in [0.25, 0.3) is 0 Å². The molecule has 0 atom stereocenters. The highest BCUT2D eigenvalue weighted by Crippen LogP contribution is 2.26. The van der Waals surface area contributed by atoms with E-state index in [4.69, 9.17) is 0 Å². The number of fused-ring (bicyclic) bond motifs is 1. The average molecular weight is 317 g/mol. The Balaban J connectivity index is 1.94. The summed E-state index contributed by atoms with van der Waals surface area (Å²) >= 11 is 0. The smallest absolute Gasteiger partial charge is 0.250 e. The zero-order valence-electron chi connectivity index (χ0n) is 11.6. The lowest BCUT2D eigenvalue weighted by Gasteiger charge is -2.12. The maximum atomic E-state index is 13.5. The van der Waals surface area contributed by atoms with Gasteiger partial charge in [0.25, 0.3) is 10.0 Å². The Hall–Kier alpha value is -2.54. The molecule has 2 aromatic rings. The van der Waals surface area contributed by atoms with Gasteiger partial charge >= 0.3 is 0 Å². The number of amidine groups is 1. The molecular formula is C15H12FN3O2S. The minimum Gasteiger partial charge on any atom is -0.250 e. The van der Waals surface area contributed by atoms with Gasteiger partial charge in [-0.3, -0.25) is 0 Å². The van der Waals surface area contributed by atoms with E-state index in [1.54, 1.807) is 43.4 Å². The second-order valence-corrected chi connectivity index (χ2v) is 6.25. The Morgan fingerprint density at radius 1 is 1.14 bits per heavy atom. The van der Waals surface area contributed by atoms with E-state index in [-0.39, 0.29) is 10.7 Å². The number of benzene rings is 2. The maximum absolute atomic E-state index is 13.5. The molecule has 1 aliphatic rings. The van der Waals surface area contributed by atoms with Crippen molar-refractivity contribution in [3.05, 3.63) is 65.5 Å². The molecule has 112 valence electrons. The monoisotopic (exact) mass is 317 g/mol. The van der Waals surface area contributed by atoms with Gasteiger partial charge in [-0.05, 0) is 18.2 Å². The Morgan fingerprint density at radius 3 is 2.59 bits per heavy atom. The van der Waals surface area contributed by atoms with Crippen LogP contribution >= 0.6 is 0 Å². The number of halogens is 1. The lowest BCUT2D eigenvalue weighted by atomic mass is 10.2. The van der Waals surface area contributed by atoms with Crippen LogP contribution in [-0.2, 0) is 10.0 Å². The Bertz CT molecular complexity index is 891. The summed E-state index contributed by atoms with van der Waals surface area (Å²) in [5.41, 5.74) is 0.791. The van der Waals surface area contributed by atoms with Crippen LogP contribution in [0.1, 0.15) is 11.1 Å². The number of rotatable bonds is 2. The molecule has 0 N–H and O–H groups in total. The molecule has 0 saturated heterocycles. The first-order chi connectivity index (χ1) is 10.5. The highest BCUT2D eigenvalue weighted by Gasteiger charge is 2.30. The fraction of sp³-hybridized carbons (Fsp3) is 0.0667. The molecule has 3 rings (SSSR count). The molecule has 0 amide bonds. The first-order valence-electron chi connectivity index (χ1n) is 6.46. The van der Waals surface area contributed by atoms with Crippen molar-refractivity contribution in [1.29, 1.82) is 0 Å². The van der Waals surface area contributed by atoms with Crippen molar-refractivity contribution in [2.75, 3.05) is 7.05 Å². The van der Waals surface area contributed by atoms with Gasteiger partial charge < -0.3 is 0 Å². The summed E-state index contributed by atoms with van der Waals surface area (Å²) in [4.78, 5) is 0.151. The van der Waals surface area contributed by atoms with E-state index < -0.39 is 15.8 Å². The van der Waals surface area contributed by atoms with Crippen LogP contribution in [0.4, 0.5) is 4.39 Å². The normalized spacial score (nSPS) is 15.6. The molecule has 0 aliphatic carbocycles. The van der Waals surface area contributed by atoms with Gasteiger partial charge in [0.1, 0.15) is 10.7 Å². The van der Waals surface area contributed by atoms with Crippen molar-refractivity contribution in [2.45, 2.75) is 4.90 Å². The van der Waals surface area contributed by atoms with Crippen molar-refractivity contribution < 1.29 is 12.8 Å². The Morgan fingerprint density at radius 2 is 1.82 bits per heavy atom. The van der Waals surface area contributed by atoms with Crippen LogP contribution in [0.15, 0.2) is 62.9 Å². The van der Waals surface area contributed by atoms with Gasteiger partial charge in [0.05, 0.1) is 6.21 Å². The van der Waals surface area contributed by atoms with Gasteiger partial charge in [-0.1, -0.05) is 30.3 Å². The largest absolute Gasteiger partial charge is 0.285 e. The third-order valence-electron chi connectivity index (χ3n) is 3.19. The molecule has 5 nitrogen and oxygen atoms in total. The van der Waals surface area contributed by atoms with Crippen LogP contribution in [0, 0.1) is 5.82 Å². The van der Waals surface area contributed by atoms with E-state index in [1.807, 2.05) is 0 Å². The predicted molar refractivity (Wildman–Crippen MR) is 81.9 cm³/mol. The van der Waals surface area contributed by atoms with Crippen LogP contribution in [-0.4, -0.2) is 32.5 Å². The Kier molecular flexibility index (Phi) is 3.50. The number of hydrogen-bond acceptors (Lipinski definition) is 4. The summed E-state index contributed by atoms with van der Waals surface area (Å²) in [7, 11) is -2.13. The number of nitrogens with zero attached hydrogens (tertiary/aromatic N) is 3. The summed E-state index contributed by atoms with van der Waals surface area (Å²) < 4.78 is 41.2. The summed E-state index contributed by atoms with van der Waals surface area (Å²) in [5, 5.41) is 5.39. The summed E-state index contributed by atoms with van der Waals surface area (Å²) in [5.74, 6) is -0.191. The van der Waals surface area contributed by atoms with Gasteiger partial charge in [0.2, 0.25) is 0 Å². The molecular weight excluding hydrogens is 305 g/mol. The SMILES string of the molecule is CN(/N=C\c1ccccc1F)C1=NS(=O)(=O)c2ccccc21. The number of sulfonamides is 1. The first kappa shape index (κ1) is 14.4. The lowest BCUT2D eigenvalue weighted by Crippen LogP contribution is -2.21. The topological polar surface area (TPSA) is 62.1 Å². The molecule has 7 heteroatoms. The summed E-state index contributed by atoms with van der Waals surface area (Å²) in [6.45, 7) is 0. The molecule has 0 spiro atoms. The molecule has 22 heavy (non-hydrogen) atoms. The average Bonchev–Trinajstić information content (AvgIpc) is 2.79. The van der Waals surface area contributed by atoms with Gasteiger partial charge in [-0.2, -0.15) is 13.5 Å². The number of hydrazone groups is 1. The third-order valence-corrected chi connectivity index (χ3v) is 4.52. The van der Waals surface area contributed by atoms with Gasteiger partial charge in [-0.15, -0.1) is 4.40 Å². The second-order valence-electron chi connectivity index (χ2n) is 4.68. The lowest BCUT2D eigenvalue weighted by molar-refractivity contribution is 0.548. The van der Waals surface area contributed by atoms with Crippen molar-refractivity contribution in [2.24, 2.45) is 9.50 Å². The second kappa shape index (κ2) is 5.34. The summed E-state index contributed by atoms with van der Waals surface area (Å²) in [6, 6.07) is 12.7. The molecule has 0 saturated carbocycles. The molecule has 0 aromatic heterocycles. The molecule has 1 heterocycles. The molecule has 2 aromatic carbocycles. The van der Waals surface area contributed by atoms with Crippen molar-refractivity contribution in [3.63, 3.8) is 0 Å². The van der Waals surface area contributed by atoms with E-state index in [1.165, 1.54) is 23.4 Å². The van der Waals surface area contributed by atoms with E-state index >= 15 is 0 Å². The summed E-state index contributed by atoms with van der Waals surface area (Å²) in [6.07, 6.45) is 1.32. The molecule has 0 unspecified atom stereocenters. The minimum atomic E-state index is -3.69. The van der Waals surface area contributed by atoms with Crippen molar-refractivity contribution in [3.8, 4) is 0 Å². The van der Waals surface area contributed by atoms with Gasteiger partial charge in [-0.25, -0.2) is 9.40 Å². The highest BCUT2D eigenvalue weighted by molar-refractivity contribution is 7.90. The fourth-order valence-electron chi connectivity index (χ4n) is 2.11. The third kappa shape index (κ3) is 2.50. The highest BCUT2D eigenvalue weighted by atomic mass is 32.2. The molecule has 1 aliphatic heterocycles.